The van der Waals surface area contributed by atoms with Gasteiger partial charge in [-0.15, -0.1) is 0 Å². The Morgan fingerprint density at radius 3 is 2.82 bits per heavy atom. The Hall–Kier alpha value is -1.22. The van der Waals surface area contributed by atoms with Crippen LogP contribution in [0.4, 0.5) is 0 Å². The molecule has 0 amide bonds. The van der Waals surface area contributed by atoms with E-state index >= 15 is 0 Å². The molecule has 3 nitrogen and oxygen atoms in total. The first-order valence-corrected chi connectivity index (χ1v) is 6.40. The fourth-order valence-corrected chi connectivity index (χ4v) is 2.40. The molecule has 1 aliphatic heterocycles. The third-order valence-corrected chi connectivity index (χ3v) is 3.24. The minimum atomic E-state index is 0.226. The highest BCUT2D eigenvalue weighted by Gasteiger charge is 2.16. The van der Waals surface area contributed by atoms with E-state index in [-0.39, 0.29) is 11.9 Å². The van der Waals surface area contributed by atoms with Gasteiger partial charge in [0.2, 0.25) is 0 Å². The first kappa shape index (κ1) is 12.2. The van der Waals surface area contributed by atoms with Crippen molar-refractivity contribution in [1.82, 2.24) is 5.32 Å². The normalized spacial score (nSPS) is 22.1. The van der Waals surface area contributed by atoms with Crippen LogP contribution in [0.3, 0.4) is 0 Å². The van der Waals surface area contributed by atoms with Gasteiger partial charge in [0.1, 0.15) is 11.5 Å². The van der Waals surface area contributed by atoms with Crippen molar-refractivity contribution >= 4 is 0 Å². The van der Waals surface area contributed by atoms with Gasteiger partial charge >= 0.3 is 0 Å². The molecular formula is C14H21NO2. The van der Waals surface area contributed by atoms with Crippen LogP contribution in [0.1, 0.15) is 26.2 Å². The van der Waals surface area contributed by atoms with E-state index in [0.717, 1.165) is 31.2 Å². The van der Waals surface area contributed by atoms with Crippen molar-refractivity contribution in [3.8, 4) is 11.5 Å². The zero-order chi connectivity index (χ0) is 12.1. The smallest absolute Gasteiger partial charge is 0.119 e. The second-order valence-electron chi connectivity index (χ2n) is 4.87. The zero-order valence-corrected chi connectivity index (χ0v) is 10.4. The Morgan fingerprint density at radius 1 is 1.41 bits per heavy atom. The summed E-state index contributed by atoms with van der Waals surface area (Å²) in [6, 6.07) is 6.93. The Kier molecular flexibility index (Phi) is 4.26. The summed E-state index contributed by atoms with van der Waals surface area (Å²) < 4.78 is 5.83. The molecule has 1 aliphatic rings. The van der Waals surface area contributed by atoms with E-state index in [1.54, 1.807) is 12.1 Å². The summed E-state index contributed by atoms with van der Waals surface area (Å²) in [4.78, 5) is 0. The highest BCUT2D eigenvalue weighted by molar-refractivity contribution is 5.30. The molecule has 17 heavy (non-hydrogen) atoms. The molecule has 0 bridgehead atoms. The number of hydrogen-bond donors (Lipinski definition) is 2. The lowest BCUT2D eigenvalue weighted by atomic mass is 9.94. The largest absolute Gasteiger partial charge is 0.508 e. The van der Waals surface area contributed by atoms with Gasteiger partial charge in [0.15, 0.2) is 0 Å². The Bertz CT molecular complexity index is 331. The van der Waals surface area contributed by atoms with Crippen molar-refractivity contribution < 1.29 is 9.84 Å². The predicted molar refractivity (Wildman–Crippen MR) is 68.4 cm³/mol. The summed E-state index contributed by atoms with van der Waals surface area (Å²) >= 11 is 0. The molecule has 0 saturated carbocycles. The number of rotatable bonds is 4. The fraction of sp³-hybridized carbons (Fsp3) is 0.571. The molecule has 2 rings (SSSR count). The first-order valence-electron chi connectivity index (χ1n) is 6.40. The van der Waals surface area contributed by atoms with Crippen LogP contribution < -0.4 is 10.1 Å². The Morgan fingerprint density at radius 2 is 2.18 bits per heavy atom. The summed E-state index contributed by atoms with van der Waals surface area (Å²) in [5, 5.41) is 12.6. The number of ether oxygens (including phenoxy) is 1. The monoisotopic (exact) mass is 235 g/mol. The number of phenols is 1. The highest BCUT2D eigenvalue weighted by atomic mass is 16.5. The molecule has 94 valence electrons. The number of piperidine rings is 1. The van der Waals surface area contributed by atoms with Gasteiger partial charge in [-0.1, -0.05) is 0 Å². The molecule has 1 fully saturated rings. The van der Waals surface area contributed by atoms with E-state index in [1.165, 1.54) is 12.8 Å². The molecule has 3 heteroatoms. The van der Waals surface area contributed by atoms with Gasteiger partial charge < -0.3 is 15.2 Å². The van der Waals surface area contributed by atoms with Crippen molar-refractivity contribution in [2.45, 2.75) is 32.3 Å². The van der Waals surface area contributed by atoms with Crippen molar-refractivity contribution in [3.63, 3.8) is 0 Å². The zero-order valence-electron chi connectivity index (χ0n) is 10.4. The number of phenolic OH excluding ortho intramolecular Hbond substituents is 1. The van der Waals surface area contributed by atoms with Crippen LogP contribution in [0.2, 0.25) is 0 Å². The van der Waals surface area contributed by atoms with Crippen molar-refractivity contribution in [2.75, 3.05) is 13.1 Å². The topological polar surface area (TPSA) is 41.5 Å². The minimum Gasteiger partial charge on any atom is -0.508 e. The highest BCUT2D eigenvalue weighted by Crippen LogP contribution is 2.21. The molecule has 2 unspecified atom stereocenters. The van der Waals surface area contributed by atoms with E-state index in [4.69, 9.17) is 4.74 Å². The lowest BCUT2D eigenvalue weighted by Crippen LogP contribution is -2.32. The van der Waals surface area contributed by atoms with Crippen molar-refractivity contribution in [1.29, 1.82) is 0 Å². The summed E-state index contributed by atoms with van der Waals surface area (Å²) in [5.74, 6) is 1.84. The SMILES string of the molecule is CC(CC1CCCNC1)Oc1ccc(O)cc1. The molecule has 2 atom stereocenters. The standard InChI is InChI=1S/C14H21NO2/c1-11(9-12-3-2-8-15-10-12)17-14-6-4-13(16)5-7-14/h4-7,11-12,15-16H,2-3,8-10H2,1H3. The molecule has 0 aliphatic carbocycles. The first-order chi connectivity index (χ1) is 8.24. The van der Waals surface area contributed by atoms with E-state index in [1.807, 2.05) is 12.1 Å². The Labute approximate surface area is 103 Å². The van der Waals surface area contributed by atoms with Crippen LogP contribution in [0, 0.1) is 5.92 Å². The van der Waals surface area contributed by atoms with Gasteiger partial charge in [0.05, 0.1) is 6.10 Å². The maximum Gasteiger partial charge on any atom is 0.119 e. The summed E-state index contributed by atoms with van der Waals surface area (Å²) in [6.07, 6.45) is 3.89. The van der Waals surface area contributed by atoms with Crippen LogP contribution in [0.15, 0.2) is 24.3 Å². The lowest BCUT2D eigenvalue weighted by Gasteiger charge is -2.25. The van der Waals surface area contributed by atoms with Crippen LogP contribution in [0.5, 0.6) is 11.5 Å². The summed E-state index contributed by atoms with van der Waals surface area (Å²) in [7, 11) is 0. The molecule has 2 N–H and O–H groups in total. The molecule has 1 heterocycles. The lowest BCUT2D eigenvalue weighted by molar-refractivity contribution is 0.173. The molecular weight excluding hydrogens is 214 g/mol. The number of nitrogens with one attached hydrogen (secondary N) is 1. The van der Waals surface area contributed by atoms with Crippen LogP contribution >= 0.6 is 0 Å². The molecule has 1 aromatic rings. The van der Waals surface area contributed by atoms with Crippen LogP contribution in [0.25, 0.3) is 0 Å². The number of hydrogen-bond acceptors (Lipinski definition) is 3. The van der Waals surface area contributed by atoms with Crippen molar-refractivity contribution in [3.05, 3.63) is 24.3 Å². The second-order valence-corrected chi connectivity index (χ2v) is 4.87. The maximum absolute atomic E-state index is 9.19. The molecule has 1 saturated heterocycles. The third kappa shape index (κ3) is 3.93. The predicted octanol–water partition coefficient (Wildman–Crippen LogP) is 2.55. The quantitative estimate of drug-likeness (QED) is 0.842. The van der Waals surface area contributed by atoms with E-state index in [9.17, 15) is 5.11 Å². The summed E-state index contributed by atoms with van der Waals surface area (Å²) in [5.41, 5.74) is 0. The molecule has 0 spiro atoms. The van der Waals surface area contributed by atoms with Gasteiger partial charge in [-0.3, -0.25) is 0 Å². The van der Waals surface area contributed by atoms with Crippen molar-refractivity contribution in [2.24, 2.45) is 5.92 Å². The average Bonchev–Trinajstić information content (AvgIpc) is 2.33. The van der Waals surface area contributed by atoms with Crippen LogP contribution in [-0.2, 0) is 0 Å². The Balaban J connectivity index is 1.79. The van der Waals surface area contributed by atoms with Gasteiger partial charge in [0.25, 0.3) is 0 Å². The second kappa shape index (κ2) is 5.92. The fourth-order valence-electron chi connectivity index (χ4n) is 2.40. The van der Waals surface area contributed by atoms with E-state index in [2.05, 4.69) is 12.2 Å². The third-order valence-electron chi connectivity index (χ3n) is 3.24. The van der Waals surface area contributed by atoms with Gasteiger partial charge in [-0.25, -0.2) is 0 Å². The van der Waals surface area contributed by atoms with Gasteiger partial charge in [-0.05, 0) is 69.5 Å². The maximum atomic E-state index is 9.19. The van der Waals surface area contributed by atoms with Crippen LogP contribution in [-0.4, -0.2) is 24.3 Å². The molecule has 0 radical (unpaired) electrons. The molecule has 0 aromatic heterocycles. The minimum absolute atomic E-state index is 0.226. The average molecular weight is 235 g/mol. The van der Waals surface area contributed by atoms with E-state index < -0.39 is 0 Å². The molecule has 1 aromatic carbocycles. The number of benzene rings is 1. The van der Waals surface area contributed by atoms with E-state index in [0.29, 0.717) is 0 Å². The number of aromatic hydroxyl groups is 1. The van der Waals surface area contributed by atoms with Gasteiger partial charge in [0, 0.05) is 0 Å². The van der Waals surface area contributed by atoms with Gasteiger partial charge in [-0.2, -0.15) is 0 Å². The summed E-state index contributed by atoms with van der Waals surface area (Å²) in [6.45, 7) is 4.38.